The molecule has 1 aliphatic heterocycles. The van der Waals surface area contributed by atoms with Crippen LogP contribution in [0.5, 0.6) is 0 Å². The Balaban J connectivity index is 1.40. The largest absolute Gasteiger partial charge is 0.347 e. The van der Waals surface area contributed by atoms with E-state index >= 15 is 0 Å². The minimum atomic E-state index is -0.297. The van der Waals surface area contributed by atoms with Crippen molar-refractivity contribution in [2.45, 2.75) is 57.4 Å². The predicted octanol–water partition coefficient (Wildman–Crippen LogP) is 7.21. The maximum atomic E-state index is 12.1. The number of piperidine rings is 1. The molecule has 0 aliphatic carbocycles. The highest BCUT2D eigenvalue weighted by atomic mass is 35.5. The van der Waals surface area contributed by atoms with Crippen LogP contribution in [0.25, 0.3) is 0 Å². The normalized spacial score (nSPS) is 15.8. The zero-order valence-corrected chi connectivity index (χ0v) is 25.1. The minimum absolute atomic E-state index is 0.0113. The standard InChI is InChI=1S/C33H39Cl2N3O2/c1-24(39)36-33(29-9-5-4-6-10-29)17-20-38(21-18-33)19-7-8-27(28-13-16-31(34)32(35)23-28)22-26-11-14-30(15-12-26)37(3)25(2)40/h4-6,9-16,23,27H,7-8,17-22H2,1-3H3,(H,36,39). The molecule has 3 aromatic carbocycles. The molecule has 40 heavy (non-hydrogen) atoms. The number of carbonyl (C=O) groups is 2. The van der Waals surface area contributed by atoms with Gasteiger partial charge in [-0.05, 0) is 85.5 Å². The second kappa shape index (κ2) is 13.7. The van der Waals surface area contributed by atoms with Crippen LogP contribution in [-0.2, 0) is 21.5 Å². The van der Waals surface area contributed by atoms with E-state index in [0.29, 0.717) is 16.0 Å². The molecule has 1 saturated heterocycles. The number of carbonyl (C=O) groups excluding carboxylic acids is 2. The monoisotopic (exact) mass is 579 g/mol. The highest BCUT2D eigenvalue weighted by molar-refractivity contribution is 6.42. The lowest BCUT2D eigenvalue weighted by atomic mass is 9.80. The Morgan fingerprint density at radius 1 is 0.950 bits per heavy atom. The summed E-state index contributed by atoms with van der Waals surface area (Å²) in [5.74, 6) is 0.318. The van der Waals surface area contributed by atoms with Crippen molar-refractivity contribution in [2.24, 2.45) is 0 Å². The Morgan fingerprint density at radius 3 is 2.23 bits per heavy atom. The molecule has 1 aliphatic rings. The molecular formula is C33H39Cl2N3O2. The lowest BCUT2D eigenvalue weighted by molar-refractivity contribution is -0.121. The Morgan fingerprint density at radius 2 is 1.62 bits per heavy atom. The summed E-state index contributed by atoms with van der Waals surface area (Å²) in [5.41, 5.74) is 4.18. The minimum Gasteiger partial charge on any atom is -0.347 e. The quantitative estimate of drug-likeness (QED) is 0.276. The van der Waals surface area contributed by atoms with Crippen LogP contribution in [-0.4, -0.2) is 43.4 Å². The molecule has 3 aromatic rings. The van der Waals surface area contributed by atoms with Crippen LogP contribution in [0.2, 0.25) is 10.0 Å². The highest BCUT2D eigenvalue weighted by Crippen LogP contribution is 2.35. The lowest BCUT2D eigenvalue weighted by Crippen LogP contribution is -2.52. The number of amides is 2. The molecule has 7 heteroatoms. The van der Waals surface area contributed by atoms with E-state index in [4.69, 9.17) is 23.2 Å². The maximum absolute atomic E-state index is 12.1. The van der Waals surface area contributed by atoms with E-state index in [1.54, 1.807) is 25.8 Å². The van der Waals surface area contributed by atoms with Crippen LogP contribution in [0.1, 0.15) is 62.1 Å². The number of benzene rings is 3. The van der Waals surface area contributed by atoms with Gasteiger partial charge in [-0.1, -0.05) is 71.7 Å². The second-order valence-corrected chi connectivity index (χ2v) is 11.7. The van der Waals surface area contributed by atoms with Gasteiger partial charge < -0.3 is 15.1 Å². The fourth-order valence-electron chi connectivity index (χ4n) is 5.77. The topological polar surface area (TPSA) is 52.7 Å². The van der Waals surface area contributed by atoms with Crippen LogP contribution in [0.15, 0.2) is 72.8 Å². The summed E-state index contributed by atoms with van der Waals surface area (Å²) < 4.78 is 0. The van der Waals surface area contributed by atoms with Crippen molar-refractivity contribution >= 4 is 40.7 Å². The summed E-state index contributed by atoms with van der Waals surface area (Å²) in [6.07, 6.45) is 4.73. The Kier molecular flexibility index (Phi) is 10.3. The van der Waals surface area contributed by atoms with Crippen LogP contribution >= 0.6 is 23.2 Å². The lowest BCUT2D eigenvalue weighted by Gasteiger charge is -2.43. The number of nitrogens with one attached hydrogen (secondary N) is 1. The summed E-state index contributed by atoms with van der Waals surface area (Å²) in [5, 5.41) is 4.41. The highest BCUT2D eigenvalue weighted by Gasteiger charge is 2.36. The number of hydrogen-bond acceptors (Lipinski definition) is 3. The molecule has 0 radical (unpaired) electrons. The van der Waals surface area contributed by atoms with Gasteiger partial charge in [-0.25, -0.2) is 0 Å². The third-order valence-electron chi connectivity index (χ3n) is 8.17. The molecule has 2 amide bonds. The average Bonchev–Trinajstić information content (AvgIpc) is 2.95. The van der Waals surface area contributed by atoms with Crippen molar-refractivity contribution in [3.8, 4) is 0 Å². The van der Waals surface area contributed by atoms with E-state index in [1.165, 1.54) is 16.7 Å². The average molecular weight is 581 g/mol. The van der Waals surface area contributed by atoms with Gasteiger partial charge in [-0.3, -0.25) is 9.59 Å². The molecule has 1 unspecified atom stereocenters. The molecule has 1 heterocycles. The molecule has 1 fully saturated rings. The van der Waals surface area contributed by atoms with Crippen LogP contribution in [0.4, 0.5) is 5.69 Å². The summed E-state index contributed by atoms with van der Waals surface area (Å²) in [4.78, 5) is 28.0. The van der Waals surface area contributed by atoms with Gasteiger partial charge in [-0.15, -0.1) is 0 Å². The zero-order chi connectivity index (χ0) is 28.7. The first-order valence-corrected chi connectivity index (χ1v) is 14.8. The van der Waals surface area contributed by atoms with Gasteiger partial charge >= 0.3 is 0 Å². The fraction of sp³-hybridized carbons (Fsp3) is 0.394. The van der Waals surface area contributed by atoms with Crippen molar-refractivity contribution in [1.29, 1.82) is 0 Å². The number of anilines is 1. The molecule has 0 aromatic heterocycles. The van der Waals surface area contributed by atoms with E-state index in [2.05, 4.69) is 40.5 Å². The molecule has 5 nitrogen and oxygen atoms in total. The summed E-state index contributed by atoms with van der Waals surface area (Å²) >= 11 is 12.6. The van der Waals surface area contributed by atoms with E-state index in [1.807, 2.05) is 42.5 Å². The van der Waals surface area contributed by atoms with Gasteiger partial charge in [0.15, 0.2) is 0 Å². The number of hydrogen-bond donors (Lipinski definition) is 1. The SMILES string of the molecule is CC(=O)NC1(c2ccccc2)CCN(CCCC(Cc2ccc(N(C)C(C)=O)cc2)c2ccc(Cl)c(Cl)c2)CC1. The van der Waals surface area contributed by atoms with Crippen LogP contribution < -0.4 is 10.2 Å². The van der Waals surface area contributed by atoms with Crippen molar-refractivity contribution in [3.63, 3.8) is 0 Å². The second-order valence-electron chi connectivity index (χ2n) is 10.9. The number of nitrogens with zero attached hydrogens (tertiary/aromatic N) is 2. The van der Waals surface area contributed by atoms with Crippen molar-refractivity contribution in [3.05, 3.63) is 99.5 Å². The molecule has 0 spiro atoms. The van der Waals surface area contributed by atoms with Gasteiger partial charge in [0.2, 0.25) is 11.8 Å². The van der Waals surface area contributed by atoms with E-state index in [0.717, 1.165) is 57.4 Å². The van der Waals surface area contributed by atoms with Gasteiger partial charge in [0.1, 0.15) is 0 Å². The Bertz CT molecular complexity index is 1290. The van der Waals surface area contributed by atoms with Crippen LogP contribution in [0, 0.1) is 0 Å². The number of halogens is 2. The Labute approximate surface area is 248 Å². The summed E-state index contributed by atoms with van der Waals surface area (Å²) in [7, 11) is 1.79. The van der Waals surface area contributed by atoms with Gasteiger partial charge in [0.25, 0.3) is 0 Å². The predicted molar refractivity (Wildman–Crippen MR) is 165 cm³/mol. The molecule has 1 atom stereocenters. The maximum Gasteiger partial charge on any atom is 0.223 e. The van der Waals surface area contributed by atoms with Crippen molar-refractivity contribution in [2.75, 3.05) is 31.6 Å². The zero-order valence-electron chi connectivity index (χ0n) is 23.6. The first-order valence-electron chi connectivity index (χ1n) is 14.0. The summed E-state index contributed by atoms with van der Waals surface area (Å²) in [6, 6.07) is 24.5. The first kappa shape index (κ1) is 30.1. The van der Waals surface area contributed by atoms with Crippen molar-refractivity contribution < 1.29 is 9.59 Å². The van der Waals surface area contributed by atoms with E-state index < -0.39 is 0 Å². The fourth-order valence-corrected chi connectivity index (χ4v) is 6.08. The van der Waals surface area contributed by atoms with Crippen molar-refractivity contribution in [1.82, 2.24) is 10.2 Å². The number of likely N-dealkylation sites (tertiary alicyclic amines) is 1. The Hall–Kier alpha value is -2.86. The summed E-state index contributed by atoms with van der Waals surface area (Å²) in [6.45, 7) is 6.06. The molecular weight excluding hydrogens is 541 g/mol. The smallest absolute Gasteiger partial charge is 0.223 e. The van der Waals surface area contributed by atoms with Gasteiger partial charge in [-0.2, -0.15) is 0 Å². The molecule has 212 valence electrons. The van der Waals surface area contributed by atoms with Gasteiger partial charge in [0, 0.05) is 39.7 Å². The number of rotatable bonds is 10. The third kappa shape index (κ3) is 7.66. The van der Waals surface area contributed by atoms with Crippen LogP contribution in [0.3, 0.4) is 0 Å². The first-order chi connectivity index (χ1) is 19.2. The molecule has 0 saturated carbocycles. The molecule has 1 N–H and O–H groups in total. The molecule has 0 bridgehead atoms. The third-order valence-corrected chi connectivity index (χ3v) is 8.91. The molecule has 4 rings (SSSR count). The van der Waals surface area contributed by atoms with E-state index in [9.17, 15) is 9.59 Å². The van der Waals surface area contributed by atoms with E-state index in [-0.39, 0.29) is 17.4 Å². The van der Waals surface area contributed by atoms with Gasteiger partial charge in [0.05, 0.1) is 15.6 Å².